The summed E-state index contributed by atoms with van der Waals surface area (Å²) in [4.78, 5) is 29.9. The summed E-state index contributed by atoms with van der Waals surface area (Å²) in [5, 5.41) is 3.96. The van der Waals surface area contributed by atoms with Crippen LogP contribution in [0.3, 0.4) is 0 Å². The Balaban J connectivity index is 1.66. The molecule has 1 aliphatic rings. The van der Waals surface area contributed by atoms with Crippen molar-refractivity contribution < 1.29 is 18.3 Å². The smallest absolute Gasteiger partial charge is 0.236 e. The fourth-order valence-electron chi connectivity index (χ4n) is 5.22. The molecule has 3 aromatic rings. The Labute approximate surface area is 222 Å². The van der Waals surface area contributed by atoms with Crippen molar-refractivity contribution in [3.63, 3.8) is 0 Å². The lowest BCUT2D eigenvalue weighted by atomic mass is 9.82. The largest absolute Gasteiger partial charge is 0.373 e. The van der Waals surface area contributed by atoms with E-state index in [4.69, 9.17) is 9.72 Å². The summed E-state index contributed by atoms with van der Waals surface area (Å²) >= 11 is 0. The standard InChI is InChI=1S/C28H36F2N6O2/c1-17(29)20-8-7-9-21(25(20)30)18(2)33-26-22-14-23(19(3)34-27(22)32-16-31-26)28(38-6)10-12-36(13-11-28)24(37)15-35(4)5/h7-9,14,16-18H,10-13,15H2,1-6H3,(H,31,32,33,34)/t17?,18-/m1/s1. The number of benzene rings is 1. The van der Waals surface area contributed by atoms with Crippen LogP contribution >= 0.6 is 0 Å². The van der Waals surface area contributed by atoms with E-state index in [2.05, 4.69) is 15.3 Å². The zero-order valence-corrected chi connectivity index (χ0v) is 22.9. The number of rotatable bonds is 8. The maximum absolute atomic E-state index is 15.0. The van der Waals surface area contributed by atoms with E-state index in [0.29, 0.717) is 54.9 Å². The molecule has 1 unspecified atom stereocenters. The van der Waals surface area contributed by atoms with E-state index >= 15 is 4.39 Å². The lowest BCUT2D eigenvalue weighted by molar-refractivity contribution is -0.138. The summed E-state index contributed by atoms with van der Waals surface area (Å²) in [5.74, 6) is 0.0315. The molecule has 1 amide bonds. The summed E-state index contributed by atoms with van der Waals surface area (Å²) in [6.07, 6.45) is 1.26. The van der Waals surface area contributed by atoms with E-state index in [0.717, 1.165) is 11.3 Å². The van der Waals surface area contributed by atoms with Gasteiger partial charge in [0.2, 0.25) is 5.91 Å². The van der Waals surface area contributed by atoms with Gasteiger partial charge in [0.1, 0.15) is 24.1 Å². The number of carbonyl (C=O) groups is 1. The molecule has 2 atom stereocenters. The minimum absolute atomic E-state index is 0.0284. The highest BCUT2D eigenvalue weighted by molar-refractivity contribution is 5.87. The number of carbonyl (C=O) groups excluding carboxylic acids is 1. The molecule has 3 heterocycles. The van der Waals surface area contributed by atoms with Crippen molar-refractivity contribution in [3.8, 4) is 0 Å². The Kier molecular flexibility index (Phi) is 8.22. The maximum Gasteiger partial charge on any atom is 0.236 e. The number of aryl methyl sites for hydroxylation is 1. The number of amides is 1. The Morgan fingerprint density at radius 2 is 1.89 bits per heavy atom. The molecule has 1 aromatic carbocycles. The average molecular weight is 527 g/mol. The molecule has 0 spiro atoms. The van der Waals surface area contributed by atoms with Crippen LogP contribution in [-0.2, 0) is 15.1 Å². The number of anilines is 1. The van der Waals surface area contributed by atoms with Crippen molar-refractivity contribution in [1.82, 2.24) is 24.8 Å². The maximum atomic E-state index is 15.0. The van der Waals surface area contributed by atoms with Crippen LogP contribution in [0.15, 0.2) is 30.6 Å². The van der Waals surface area contributed by atoms with Gasteiger partial charge in [-0.1, -0.05) is 18.2 Å². The molecule has 1 fully saturated rings. The van der Waals surface area contributed by atoms with Gasteiger partial charge in [-0.3, -0.25) is 4.79 Å². The number of nitrogens with zero attached hydrogens (tertiary/aromatic N) is 5. The van der Waals surface area contributed by atoms with Crippen LogP contribution in [-0.4, -0.2) is 71.5 Å². The Hall–Kier alpha value is -3.24. The van der Waals surface area contributed by atoms with Gasteiger partial charge in [0.05, 0.1) is 23.6 Å². The third-order valence-corrected chi connectivity index (χ3v) is 7.38. The van der Waals surface area contributed by atoms with Crippen LogP contribution in [0.5, 0.6) is 0 Å². The topological polar surface area (TPSA) is 83.5 Å². The van der Waals surface area contributed by atoms with Crippen molar-refractivity contribution in [2.24, 2.45) is 0 Å². The van der Waals surface area contributed by atoms with Crippen LogP contribution in [0.25, 0.3) is 11.0 Å². The monoisotopic (exact) mass is 526 g/mol. The van der Waals surface area contributed by atoms with Gasteiger partial charge >= 0.3 is 0 Å². The zero-order chi connectivity index (χ0) is 27.6. The number of halogens is 2. The molecule has 0 radical (unpaired) electrons. The van der Waals surface area contributed by atoms with Gasteiger partial charge in [-0.2, -0.15) is 0 Å². The second kappa shape index (κ2) is 11.2. The first-order valence-electron chi connectivity index (χ1n) is 12.9. The van der Waals surface area contributed by atoms with Crippen molar-refractivity contribution in [3.05, 3.63) is 58.8 Å². The van der Waals surface area contributed by atoms with Gasteiger partial charge in [-0.25, -0.2) is 23.7 Å². The minimum Gasteiger partial charge on any atom is -0.373 e. The van der Waals surface area contributed by atoms with Crippen LogP contribution in [0, 0.1) is 12.7 Å². The summed E-state index contributed by atoms with van der Waals surface area (Å²) < 4.78 is 35.0. The summed E-state index contributed by atoms with van der Waals surface area (Å²) in [6.45, 7) is 6.58. The first-order chi connectivity index (χ1) is 18.1. The number of likely N-dealkylation sites (N-methyl/N-ethyl adjacent to an activating group) is 1. The molecule has 1 N–H and O–H groups in total. The number of methoxy groups -OCH3 is 1. The predicted octanol–water partition coefficient (Wildman–Crippen LogP) is 4.70. The fraction of sp³-hybridized carbons (Fsp3) is 0.500. The summed E-state index contributed by atoms with van der Waals surface area (Å²) in [7, 11) is 5.45. The van der Waals surface area contributed by atoms with Crippen LogP contribution in [0.4, 0.5) is 14.6 Å². The lowest BCUT2D eigenvalue weighted by Crippen LogP contribution is -2.48. The number of pyridine rings is 1. The van der Waals surface area contributed by atoms with E-state index in [1.165, 1.54) is 19.3 Å². The zero-order valence-electron chi connectivity index (χ0n) is 22.9. The third kappa shape index (κ3) is 5.47. The van der Waals surface area contributed by atoms with Gasteiger partial charge in [0, 0.05) is 42.6 Å². The molecule has 38 heavy (non-hydrogen) atoms. The predicted molar refractivity (Wildman–Crippen MR) is 143 cm³/mol. The minimum atomic E-state index is -1.41. The third-order valence-electron chi connectivity index (χ3n) is 7.38. The first kappa shape index (κ1) is 27.8. The number of piperidine rings is 1. The number of fused-ring (bicyclic) bond motifs is 1. The first-order valence-corrected chi connectivity index (χ1v) is 12.9. The highest BCUT2D eigenvalue weighted by Gasteiger charge is 2.39. The normalized spacial score (nSPS) is 17.0. The van der Waals surface area contributed by atoms with Crippen molar-refractivity contribution in [1.29, 1.82) is 0 Å². The van der Waals surface area contributed by atoms with Crippen molar-refractivity contribution in [2.45, 2.75) is 51.4 Å². The lowest BCUT2D eigenvalue weighted by Gasteiger charge is -2.42. The number of aromatic nitrogens is 3. The van der Waals surface area contributed by atoms with E-state index < -0.39 is 23.6 Å². The second-order valence-corrected chi connectivity index (χ2v) is 10.3. The molecule has 0 saturated carbocycles. The van der Waals surface area contributed by atoms with Crippen molar-refractivity contribution in [2.75, 3.05) is 46.2 Å². The SMILES string of the molecule is COC1(c2cc3c(N[C@H](C)c4cccc(C(C)F)c4F)ncnc3nc2C)CCN(C(=O)CN(C)C)CC1. The molecular weight excluding hydrogens is 490 g/mol. The highest BCUT2D eigenvalue weighted by Crippen LogP contribution is 2.39. The molecule has 1 aliphatic heterocycles. The highest BCUT2D eigenvalue weighted by atomic mass is 19.1. The number of alkyl halides is 1. The molecule has 204 valence electrons. The molecule has 10 heteroatoms. The molecular formula is C28H36F2N6O2. The summed E-state index contributed by atoms with van der Waals surface area (Å²) in [6, 6.07) is 6.25. The average Bonchev–Trinajstić information content (AvgIpc) is 2.88. The van der Waals surface area contributed by atoms with E-state index in [1.54, 1.807) is 26.2 Å². The number of hydrogen-bond donors (Lipinski definition) is 1. The fourth-order valence-corrected chi connectivity index (χ4v) is 5.22. The van der Waals surface area contributed by atoms with Crippen molar-refractivity contribution >= 4 is 22.8 Å². The molecule has 2 aromatic heterocycles. The quantitative estimate of drug-likeness (QED) is 0.456. The Morgan fingerprint density at radius 1 is 1.21 bits per heavy atom. The van der Waals surface area contributed by atoms with Gasteiger partial charge in [-0.15, -0.1) is 0 Å². The molecule has 0 bridgehead atoms. The number of ether oxygens (including phenoxy) is 1. The second-order valence-electron chi connectivity index (χ2n) is 10.3. The van der Waals surface area contributed by atoms with Crippen LogP contribution in [0.1, 0.15) is 61.3 Å². The van der Waals surface area contributed by atoms with Crippen LogP contribution < -0.4 is 5.32 Å². The number of hydrogen-bond acceptors (Lipinski definition) is 7. The van der Waals surface area contributed by atoms with E-state index in [1.807, 2.05) is 36.9 Å². The molecule has 1 saturated heterocycles. The number of nitrogens with one attached hydrogen (secondary N) is 1. The Bertz CT molecular complexity index is 1310. The van der Waals surface area contributed by atoms with Crippen LogP contribution in [0.2, 0.25) is 0 Å². The molecule has 8 nitrogen and oxygen atoms in total. The summed E-state index contributed by atoms with van der Waals surface area (Å²) in [5.41, 5.74) is 1.98. The van der Waals surface area contributed by atoms with Gasteiger partial charge in [0.25, 0.3) is 0 Å². The van der Waals surface area contributed by atoms with E-state index in [9.17, 15) is 9.18 Å². The number of likely N-dealkylation sites (tertiary alicyclic amines) is 1. The van der Waals surface area contributed by atoms with Gasteiger partial charge < -0.3 is 19.9 Å². The van der Waals surface area contributed by atoms with E-state index in [-0.39, 0.29) is 11.5 Å². The van der Waals surface area contributed by atoms with Gasteiger partial charge in [-0.05, 0) is 53.8 Å². The van der Waals surface area contributed by atoms with Gasteiger partial charge in [0.15, 0.2) is 5.65 Å². The Morgan fingerprint density at radius 3 is 2.53 bits per heavy atom. The molecule has 4 rings (SSSR count). The molecule has 0 aliphatic carbocycles.